The third-order valence-electron chi connectivity index (χ3n) is 1.17. The molecule has 0 aliphatic carbocycles. The van der Waals surface area contributed by atoms with Crippen molar-refractivity contribution in [2.75, 3.05) is 0 Å². The zero-order valence-electron chi connectivity index (χ0n) is 4.63. The van der Waals surface area contributed by atoms with Crippen molar-refractivity contribution < 1.29 is 9.78 Å². The van der Waals surface area contributed by atoms with Gasteiger partial charge in [0.15, 0.2) is 5.75 Å². The smallest absolute Gasteiger partial charge is 0.225 e. The normalized spacial score (nSPS) is 14.7. The summed E-state index contributed by atoms with van der Waals surface area (Å²) in [5.41, 5.74) is 0.873. The first-order valence-electron chi connectivity index (χ1n) is 2.65. The van der Waals surface area contributed by atoms with E-state index >= 15 is 0 Å². The minimum Gasteiger partial charge on any atom is -0.336 e. The summed E-state index contributed by atoms with van der Waals surface area (Å²) in [6, 6.07) is 7.50. The van der Waals surface area contributed by atoms with E-state index in [2.05, 4.69) is 16.4 Å². The van der Waals surface area contributed by atoms with E-state index in [4.69, 9.17) is 0 Å². The van der Waals surface area contributed by atoms with E-state index in [1.54, 1.807) is 0 Å². The van der Waals surface area contributed by atoms with E-state index in [0.29, 0.717) is 0 Å². The lowest BCUT2D eigenvalue weighted by molar-refractivity contribution is -0.149. The Morgan fingerprint density at radius 1 is 1.22 bits per heavy atom. The van der Waals surface area contributed by atoms with Gasteiger partial charge in [-0.1, -0.05) is 18.2 Å². The van der Waals surface area contributed by atoms with Crippen LogP contribution in [-0.4, -0.2) is 0 Å². The number of hydrogen-bond donors (Lipinski definition) is 0. The maximum absolute atomic E-state index is 4.69. The Balaban J connectivity index is 2.54. The lowest BCUT2D eigenvalue weighted by Gasteiger charge is -1.89. The second kappa shape index (κ2) is 1.74. The molecule has 0 N–H and O–H groups in total. The molecular weight excluding hydrogens is 116 g/mol. The first-order valence-corrected chi connectivity index (χ1v) is 2.65. The van der Waals surface area contributed by atoms with Crippen molar-refractivity contribution in [3.63, 3.8) is 0 Å². The Labute approximate surface area is 52.9 Å². The van der Waals surface area contributed by atoms with Crippen LogP contribution in [0.5, 0.6) is 5.75 Å². The first kappa shape index (κ1) is 4.82. The van der Waals surface area contributed by atoms with E-state index in [1.165, 1.54) is 0 Å². The molecule has 1 aliphatic rings. The molecule has 1 aromatic carbocycles. The van der Waals surface area contributed by atoms with Crippen LogP contribution >= 0.6 is 0 Å². The van der Waals surface area contributed by atoms with E-state index in [9.17, 15) is 0 Å². The molecule has 0 amide bonds. The molecule has 2 rings (SSSR count). The van der Waals surface area contributed by atoms with Gasteiger partial charge in [0.1, 0.15) is 0 Å². The van der Waals surface area contributed by atoms with Crippen molar-refractivity contribution in [3.8, 4) is 5.75 Å². The van der Waals surface area contributed by atoms with Gasteiger partial charge in [0.25, 0.3) is 0 Å². The van der Waals surface area contributed by atoms with Crippen LogP contribution in [0, 0.1) is 6.61 Å². The molecule has 1 heterocycles. The number of hydrogen-bond acceptors (Lipinski definition) is 2. The second-order valence-corrected chi connectivity index (χ2v) is 1.76. The molecule has 0 bridgehead atoms. The van der Waals surface area contributed by atoms with Crippen molar-refractivity contribution >= 4 is 0 Å². The van der Waals surface area contributed by atoms with Crippen LogP contribution in [0.3, 0.4) is 0 Å². The van der Waals surface area contributed by atoms with Crippen LogP contribution in [0.1, 0.15) is 5.56 Å². The molecule has 1 aliphatic heterocycles. The van der Waals surface area contributed by atoms with E-state index < -0.39 is 0 Å². The van der Waals surface area contributed by atoms with Gasteiger partial charge in [-0.2, -0.15) is 4.89 Å². The summed E-state index contributed by atoms with van der Waals surface area (Å²) in [5.74, 6) is 0.734. The predicted octanol–water partition coefficient (Wildman–Crippen LogP) is 1.40. The standard InChI is InChI=1S/C7H4O2/c1-2-4-7-6(3-1)5-8-9-7/h1-4H. The highest BCUT2D eigenvalue weighted by Crippen LogP contribution is 2.25. The molecule has 0 atom stereocenters. The number of fused-ring (bicyclic) bond motifs is 1. The molecule has 1 aromatic rings. The highest BCUT2D eigenvalue weighted by Gasteiger charge is 2.12. The van der Waals surface area contributed by atoms with Gasteiger partial charge in [-0.3, -0.25) is 0 Å². The molecular formula is C7H4O2. The molecule has 44 valence electrons. The van der Waals surface area contributed by atoms with Gasteiger partial charge in [-0.25, -0.2) is 0 Å². The maximum Gasteiger partial charge on any atom is 0.225 e. The van der Waals surface area contributed by atoms with Crippen LogP contribution in [0.15, 0.2) is 24.3 Å². The lowest BCUT2D eigenvalue weighted by atomic mass is 10.2. The molecule has 0 fully saturated rings. The third-order valence-corrected chi connectivity index (χ3v) is 1.17. The minimum absolute atomic E-state index is 0.734. The Bertz CT molecular complexity index is 197. The van der Waals surface area contributed by atoms with E-state index in [1.807, 2.05) is 24.3 Å². The summed E-state index contributed by atoms with van der Waals surface area (Å²) < 4.78 is 0. The van der Waals surface area contributed by atoms with Gasteiger partial charge < -0.3 is 4.89 Å². The van der Waals surface area contributed by atoms with E-state index in [0.717, 1.165) is 11.3 Å². The molecule has 0 saturated carbocycles. The fourth-order valence-electron chi connectivity index (χ4n) is 0.734. The molecule has 2 radical (unpaired) electrons. The third kappa shape index (κ3) is 0.678. The summed E-state index contributed by atoms with van der Waals surface area (Å²) in [5, 5.41) is 0. The molecule has 2 nitrogen and oxygen atoms in total. The van der Waals surface area contributed by atoms with Crippen molar-refractivity contribution in [3.05, 3.63) is 36.4 Å². The van der Waals surface area contributed by atoms with Crippen molar-refractivity contribution in [2.45, 2.75) is 0 Å². The lowest BCUT2D eigenvalue weighted by Crippen LogP contribution is -1.79. The Morgan fingerprint density at radius 2 is 2.11 bits per heavy atom. The van der Waals surface area contributed by atoms with Crippen molar-refractivity contribution in [2.24, 2.45) is 0 Å². The van der Waals surface area contributed by atoms with Crippen LogP contribution in [-0.2, 0) is 4.89 Å². The van der Waals surface area contributed by atoms with Gasteiger partial charge in [-0.05, 0) is 6.07 Å². The Kier molecular flexibility index (Phi) is 0.932. The molecule has 2 heteroatoms. The fraction of sp³-hybridized carbons (Fsp3) is 0. The summed E-state index contributed by atoms with van der Waals surface area (Å²) in [7, 11) is 0. The summed E-state index contributed by atoms with van der Waals surface area (Å²) in [6.45, 7) is 2.58. The molecule has 0 aromatic heterocycles. The topological polar surface area (TPSA) is 18.5 Å². The van der Waals surface area contributed by atoms with Crippen LogP contribution in [0.4, 0.5) is 0 Å². The Morgan fingerprint density at radius 3 is 3.00 bits per heavy atom. The fourth-order valence-corrected chi connectivity index (χ4v) is 0.734. The maximum atomic E-state index is 4.69. The molecule has 0 unspecified atom stereocenters. The van der Waals surface area contributed by atoms with Gasteiger partial charge in [-0.15, -0.1) is 0 Å². The Hall–Kier alpha value is -1.02. The first-order chi connectivity index (χ1) is 4.47. The number of benzene rings is 1. The number of rotatable bonds is 0. The van der Waals surface area contributed by atoms with Crippen LogP contribution in [0.2, 0.25) is 0 Å². The summed E-state index contributed by atoms with van der Waals surface area (Å²) in [4.78, 5) is 9.15. The monoisotopic (exact) mass is 120 g/mol. The van der Waals surface area contributed by atoms with Crippen molar-refractivity contribution in [1.82, 2.24) is 0 Å². The van der Waals surface area contributed by atoms with Crippen LogP contribution < -0.4 is 4.89 Å². The van der Waals surface area contributed by atoms with Gasteiger partial charge in [0, 0.05) is 5.56 Å². The second-order valence-electron chi connectivity index (χ2n) is 1.76. The van der Waals surface area contributed by atoms with E-state index in [-0.39, 0.29) is 0 Å². The highest BCUT2D eigenvalue weighted by atomic mass is 17.2. The minimum atomic E-state index is 0.734. The van der Waals surface area contributed by atoms with Gasteiger partial charge >= 0.3 is 0 Å². The molecule has 0 spiro atoms. The SMILES string of the molecule is [C]1OOc2ccccc21. The average Bonchev–Trinajstić information content (AvgIpc) is 2.33. The predicted molar refractivity (Wildman–Crippen MR) is 30.5 cm³/mol. The zero-order valence-corrected chi connectivity index (χ0v) is 4.63. The average molecular weight is 120 g/mol. The quantitative estimate of drug-likeness (QED) is 0.482. The zero-order chi connectivity index (χ0) is 6.10. The number of para-hydroxylation sites is 1. The largest absolute Gasteiger partial charge is 0.336 e. The van der Waals surface area contributed by atoms with Crippen molar-refractivity contribution in [1.29, 1.82) is 0 Å². The summed E-state index contributed by atoms with van der Waals surface area (Å²) in [6.07, 6.45) is 0. The highest BCUT2D eigenvalue weighted by molar-refractivity contribution is 5.38. The van der Waals surface area contributed by atoms with Gasteiger partial charge in [0.2, 0.25) is 6.61 Å². The summed E-state index contributed by atoms with van der Waals surface area (Å²) >= 11 is 0. The van der Waals surface area contributed by atoms with Gasteiger partial charge in [0.05, 0.1) is 0 Å². The molecule has 9 heavy (non-hydrogen) atoms. The molecule has 0 saturated heterocycles. The van der Waals surface area contributed by atoms with Crippen LogP contribution in [0.25, 0.3) is 0 Å².